The Kier molecular flexibility index (Phi) is 6.45. The second-order valence-electron chi connectivity index (χ2n) is 6.45. The topological polar surface area (TPSA) is 58.6 Å². The zero-order valence-corrected chi connectivity index (χ0v) is 16.6. The summed E-state index contributed by atoms with van der Waals surface area (Å²) >= 11 is 1.29. The molecule has 1 aromatic heterocycles. The Morgan fingerprint density at radius 2 is 1.64 bits per heavy atom. The molecule has 0 radical (unpaired) electrons. The van der Waals surface area contributed by atoms with Crippen molar-refractivity contribution in [1.29, 1.82) is 0 Å². The largest absolute Gasteiger partial charge is 0.451 e. The zero-order valence-electron chi connectivity index (χ0n) is 15.8. The minimum absolute atomic E-state index is 0.0686. The number of thiophene rings is 1. The highest BCUT2D eigenvalue weighted by Crippen LogP contribution is 2.23. The van der Waals surface area contributed by atoms with Gasteiger partial charge in [0, 0.05) is 23.1 Å². The van der Waals surface area contributed by atoms with Crippen LogP contribution in [0.25, 0.3) is 0 Å². The molecular weight excluding hydrogens is 372 g/mol. The SMILES string of the molecule is CC(C)N(C(=O)COC(=O)c1cccs1)c1ccc(Nc2ccccc2)cc1. The van der Waals surface area contributed by atoms with E-state index in [1.165, 1.54) is 11.3 Å². The van der Waals surface area contributed by atoms with Crippen LogP contribution in [0.5, 0.6) is 0 Å². The lowest BCUT2D eigenvalue weighted by Gasteiger charge is -2.27. The number of carbonyl (C=O) groups is 2. The quantitative estimate of drug-likeness (QED) is 0.567. The van der Waals surface area contributed by atoms with Gasteiger partial charge in [-0.25, -0.2) is 4.79 Å². The summed E-state index contributed by atoms with van der Waals surface area (Å²) in [7, 11) is 0. The molecule has 0 saturated heterocycles. The highest BCUT2D eigenvalue weighted by Gasteiger charge is 2.21. The Morgan fingerprint density at radius 3 is 2.25 bits per heavy atom. The third-order valence-electron chi connectivity index (χ3n) is 4.04. The maximum Gasteiger partial charge on any atom is 0.348 e. The smallest absolute Gasteiger partial charge is 0.348 e. The van der Waals surface area contributed by atoms with Gasteiger partial charge in [0.25, 0.3) is 5.91 Å². The van der Waals surface area contributed by atoms with Gasteiger partial charge in [-0.3, -0.25) is 4.79 Å². The molecule has 0 fully saturated rings. The van der Waals surface area contributed by atoms with E-state index in [0.717, 1.165) is 17.1 Å². The first-order chi connectivity index (χ1) is 13.5. The molecule has 0 aliphatic heterocycles. The third kappa shape index (κ3) is 4.98. The molecule has 0 saturated carbocycles. The van der Waals surface area contributed by atoms with E-state index in [1.807, 2.05) is 68.4 Å². The molecule has 5 nitrogen and oxygen atoms in total. The zero-order chi connectivity index (χ0) is 19.9. The van der Waals surface area contributed by atoms with Gasteiger partial charge in [0.2, 0.25) is 0 Å². The summed E-state index contributed by atoms with van der Waals surface area (Å²) in [5.41, 5.74) is 2.67. The maximum absolute atomic E-state index is 12.7. The van der Waals surface area contributed by atoms with Gasteiger partial charge in [0.05, 0.1) is 0 Å². The molecule has 0 bridgehead atoms. The van der Waals surface area contributed by atoms with Crippen molar-refractivity contribution in [3.63, 3.8) is 0 Å². The van der Waals surface area contributed by atoms with Crippen molar-refractivity contribution in [2.24, 2.45) is 0 Å². The number of hydrogen-bond donors (Lipinski definition) is 1. The Balaban J connectivity index is 1.65. The summed E-state index contributed by atoms with van der Waals surface area (Å²) in [6.07, 6.45) is 0. The minimum atomic E-state index is -0.477. The average Bonchev–Trinajstić information content (AvgIpc) is 3.23. The van der Waals surface area contributed by atoms with Crippen LogP contribution in [-0.2, 0) is 9.53 Å². The van der Waals surface area contributed by atoms with Crippen LogP contribution in [0.15, 0.2) is 72.1 Å². The molecule has 0 spiro atoms. The van der Waals surface area contributed by atoms with E-state index in [0.29, 0.717) is 4.88 Å². The van der Waals surface area contributed by atoms with Crippen molar-refractivity contribution in [2.45, 2.75) is 19.9 Å². The first-order valence-corrected chi connectivity index (χ1v) is 9.87. The number of nitrogens with zero attached hydrogens (tertiary/aromatic N) is 1. The number of anilines is 3. The van der Waals surface area contributed by atoms with Crippen molar-refractivity contribution in [2.75, 3.05) is 16.8 Å². The lowest BCUT2D eigenvalue weighted by Crippen LogP contribution is -2.39. The van der Waals surface area contributed by atoms with E-state index in [-0.39, 0.29) is 18.6 Å². The fraction of sp³-hybridized carbons (Fsp3) is 0.182. The fourth-order valence-corrected chi connectivity index (χ4v) is 3.40. The number of rotatable bonds is 7. The van der Waals surface area contributed by atoms with Crippen molar-refractivity contribution >= 4 is 40.3 Å². The summed E-state index contributed by atoms with van der Waals surface area (Å²) in [5.74, 6) is -0.738. The standard InChI is InChI=1S/C22H22N2O3S/c1-16(2)24(21(25)15-27-22(26)20-9-6-14-28-20)19-12-10-18(11-13-19)23-17-7-4-3-5-8-17/h3-14,16,23H,15H2,1-2H3. The van der Waals surface area contributed by atoms with E-state index in [9.17, 15) is 9.59 Å². The molecule has 0 unspecified atom stereocenters. The van der Waals surface area contributed by atoms with Crippen molar-refractivity contribution in [3.05, 3.63) is 77.0 Å². The summed E-state index contributed by atoms with van der Waals surface area (Å²) in [6.45, 7) is 3.56. The van der Waals surface area contributed by atoms with Crippen molar-refractivity contribution < 1.29 is 14.3 Å². The van der Waals surface area contributed by atoms with Gasteiger partial charge in [0.15, 0.2) is 6.61 Å². The molecule has 0 atom stereocenters. The number of ether oxygens (including phenoxy) is 1. The molecule has 3 aromatic rings. The number of benzene rings is 2. The first kappa shape index (κ1) is 19.6. The first-order valence-electron chi connectivity index (χ1n) is 8.99. The minimum Gasteiger partial charge on any atom is -0.451 e. The van der Waals surface area contributed by atoms with Crippen LogP contribution in [0.2, 0.25) is 0 Å². The highest BCUT2D eigenvalue weighted by atomic mass is 32.1. The average molecular weight is 394 g/mol. The number of carbonyl (C=O) groups excluding carboxylic acids is 2. The molecule has 6 heteroatoms. The molecule has 1 heterocycles. The number of amides is 1. The molecule has 3 rings (SSSR count). The Labute approximate surface area is 168 Å². The number of nitrogens with one attached hydrogen (secondary N) is 1. The van der Waals surface area contributed by atoms with Gasteiger partial charge in [-0.15, -0.1) is 11.3 Å². The van der Waals surface area contributed by atoms with E-state index >= 15 is 0 Å². The molecule has 0 aliphatic carbocycles. The monoisotopic (exact) mass is 394 g/mol. The van der Waals surface area contributed by atoms with E-state index in [2.05, 4.69) is 5.32 Å². The predicted molar refractivity (Wildman–Crippen MR) is 113 cm³/mol. The van der Waals surface area contributed by atoms with Gasteiger partial charge < -0.3 is 15.0 Å². The number of hydrogen-bond acceptors (Lipinski definition) is 5. The van der Waals surface area contributed by atoms with Crippen LogP contribution in [0.1, 0.15) is 23.5 Å². The molecule has 28 heavy (non-hydrogen) atoms. The van der Waals surface area contributed by atoms with E-state index in [4.69, 9.17) is 4.74 Å². The Morgan fingerprint density at radius 1 is 0.964 bits per heavy atom. The molecular formula is C22H22N2O3S. The van der Waals surface area contributed by atoms with Crippen LogP contribution in [-0.4, -0.2) is 24.5 Å². The second kappa shape index (κ2) is 9.19. The normalized spacial score (nSPS) is 10.5. The van der Waals surface area contributed by atoms with Crippen LogP contribution in [0.4, 0.5) is 17.1 Å². The van der Waals surface area contributed by atoms with Crippen molar-refractivity contribution in [1.82, 2.24) is 0 Å². The summed E-state index contributed by atoms with van der Waals surface area (Å²) in [5, 5.41) is 5.11. The molecule has 2 aromatic carbocycles. The van der Waals surface area contributed by atoms with E-state index in [1.54, 1.807) is 22.4 Å². The van der Waals surface area contributed by atoms with Crippen molar-refractivity contribution in [3.8, 4) is 0 Å². The lowest BCUT2D eigenvalue weighted by atomic mass is 10.2. The summed E-state index contributed by atoms with van der Waals surface area (Å²) in [6, 6.07) is 20.8. The molecule has 1 N–H and O–H groups in total. The Hall–Kier alpha value is -3.12. The van der Waals surface area contributed by atoms with Crippen LogP contribution >= 0.6 is 11.3 Å². The van der Waals surface area contributed by atoms with Gasteiger partial charge in [-0.05, 0) is 61.7 Å². The summed E-state index contributed by atoms with van der Waals surface area (Å²) in [4.78, 5) is 26.8. The molecule has 0 aliphatic rings. The Bertz CT molecular complexity index is 907. The third-order valence-corrected chi connectivity index (χ3v) is 4.89. The van der Waals surface area contributed by atoms with Gasteiger partial charge in [-0.2, -0.15) is 0 Å². The maximum atomic E-state index is 12.7. The van der Waals surface area contributed by atoms with E-state index < -0.39 is 5.97 Å². The molecule has 144 valence electrons. The number of esters is 1. The highest BCUT2D eigenvalue weighted by molar-refractivity contribution is 7.11. The van der Waals surface area contributed by atoms with Gasteiger partial charge in [0.1, 0.15) is 4.88 Å². The fourth-order valence-electron chi connectivity index (χ4n) is 2.79. The van der Waals surface area contributed by atoms with Crippen LogP contribution < -0.4 is 10.2 Å². The predicted octanol–water partition coefficient (Wildman–Crippen LogP) is 5.09. The van der Waals surface area contributed by atoms with Crippen LogP contribution in [0.3, 0.4) is 0 Å². The van der Waals surface area contributed by atoms with Crippen LogP contribution in [0, 0.1) is 0 Å². The van der Waals surface area contributed by atoms with Gasteiger partial charge >= 0.3 is 5.97 Å². The second-order valence-corrected chi connectivity index (χ2v) is 7.40. The summed E-state index contributed by atoms with van der Waals surface area (Å²) < 4.78 is 5.17. The lowest BCUT2D eigenvalue weighted by molar-refractivity contribution is -0.122. The number of para-hydroxylation sites is 1. The van der Waals surface area contributed by atoms with Gasteiger partial charge in [-0.1, -0.05) is 24.3 Å². The molecule has 1 amide bonds.